The van der Waals surface area contributed by atoms with Crippen LogP contribution < -0.4 is 10.1 Å². The number of piperazine rings is 1. The lowest BCUT2D eigenvalue weighted by Crippen LogP contribution is -2.61. The lowest BCUT2D eigenvalue weighted by atomic mass is 9.71. The van der Waals surface area contributed by atoms with Crippen LogP contribution in [0.5, 0.6) is 5.75 Å². The van der Waals surface area contributed by atoms with Gasteiger partial charge in [0.2, 0.25) is 5.91 Å². The molecule has 0 unspecified atom stereocenters. The van der Waals surface area contributed by atoms with E-state index in [0.29, 0.717) is 65.1 Å². The molecule has 51 heavy (non-hydrogen) atoms. The van der Waals surface area contributed by atoms with Crippen LogP contribution >= 0.6 is 34.5 Å². The van der Waals surface area contributed by atoms with Gasteiger partial charge in [-0.1, -0.05) is 68.2 Å². The number of urea groups is 1. The van der Waals surface area contributed by atoms with Gasteiger partial charge < -0.3 is 19.9 Å². The SMILES string of the molecule is CCOc1cc(C(C)(C)C)ncc1C1=N[C@](C)(c2ccc(Cl)cc2)[C@@](C)(c2ccc(Cl)cc2)N1C(=O)N1CCN(C(=O)CNc2nccs2)CC1. The number of amides is 3. The maximum absolute atomic E-state index is 15.2. The number of aromatic nitrogens is 2. The summed E-state index contributed by atoms with van der Waals surface area (Å²) in [6, 6.07) is 16.9. The number of carbonyl (C=O) groups excluding carboxylic acids is 2. The number of rotatable bonds is 8. The van der Waals surface area contributed by atoms with E-state index in [4.69, 9.17) is 37.9 Å². The number of carbonyl (C=O) groups is 2. The Hall–Kier alpha value is -4.19. The number of anilines is 1. The van der Waals surface area contributed by atoms with Gasteiger partial charge in [-0.25, -0.2) is 9.78 Å². The molecule has 1 N–H and O–H groups in total. The average Bonchev–Trinajstić information content (AvgIpc) is 3.72. The highest BCUT2D eigenvalue weighted by atomic mass is 35.5. The number of nitrogens with zero attached hydrogens (tertiary/aromatic N) is 6. The molecule has 0 aliphatic carbocycles. The van der Waals surface area contributed by atoms with Gasteiger partial charge in [0.15, 0.2) is 5.13 Å². The van der Waals surface area contributed by atoms with Crippen LogP contribution in [0.3, 0.4) is 0 Å². The van der Waals surface area contributed by atoms with Crippen LogP contribution in [0.1, 0.15) is 63.9 Å². The summed E-state index contributed by atoms with van der Waals surface area (Å²) in [6.45, 7) is 14.3. The van der Waals surface area contributed by atoms with Crippen molar-refractivity contribution in [2.45, 2.75) is 58.0 Å². The van der Waals surface area contributed by atoms with Crippen LogP contribution in [0.4, 0.5) is 9.93 Å². The summed E-state index contributed by atoms with van der Waals surface area (Å²) in [5.74, 6) is 0.988. The Morgan fingerprint density at radius 2 is 1.53 bits per heavy atom. The molecular weight excluding hydrogens is 705 g/mol. The van der Waals surface area contributed by atoms with Crippen LogP contribution in [-0.2, 0) is 21.3 Å². The molecule has 0 saturated carbocycles. The Morgan fingerprint density at radius 1 is 0.922 bits per heavy atom. The van der Waals surface area contributed by atoms with Crippen LogP contribution in [0.2, 0.25) is 10.0 Å². The number of aliphatic imine (C=N–C) groups is 1. The molecule has 1 saturated heterocycles. The van der Waals surface area contributed by atoms with Gasteiger partial charge in [-0.05, 0) is 56.2 Å². The van der Waals surface area contributed by atoms with E-state index in [2.05, 4.69) is 31.1 Å². The molecule has 0 radical (unpaired) electrons. The molecule has 6 rings (SSSR count). The monoisotopic (exact) mass is 747 g/mol. The Kier molecular flexibility index (Phi) is 10.4. The molecule has 2 aromatic carbocycles. The van der Waals surface area contributed by atoms with Crippen molar-refractivity contribution in [1.82, 2.24) is 24.7 Å². The molecule has 4 heterocycles. The number of halogens is 2. The molecule has 4 aromatic rings. The molecule has 2 aliphatic heterocycles. The first-order chi connectivity index (χ1) is 24.3. The van der Waals surface area contributed by atoms with Crippen LogP contribution in [-0.4, -0.2) is 81.8 Å². The van der Waals surface area contributed by atoms with Crippen LogP contribution in [0.15, 0.2) is 77.4 Å². The van der Waals surface area contributed by atoms with E-state index < -0.39 is 11.1 Å². The van der Waals surface area contributed by atoms with Gasteiger partial charge in [-0.3, -0.25) is 19.7 Å². The smallest absolute Gasteiger partial charge is 0.326 e. The fourth-order valence-electron chi connectivity index (χ4n) is 6.72. The van der Waals surface area contributed by atoms with Gasteiger partial charge in [0.25, 0.3) is 0 Å². The van der Waals surface area contributed by atoms with Gasteiger partial charge in [0.05, 0.1) is 18.7 Å². The molecule has 268 valence electrons. The van der Waals surface area contributed by atoms with Crippen LogP contribution in [0.25, 0.3) is 0 Å². The third kappa shape index (κ3) is 7.03. The molecule has 3 amide bonds. The number of hydrogen-bond acceptors (Lipinski definition) is 8. The second-order valence-corrected chi connectivity index (χ2v) is 15.8. The lowest BCUT2D eigenvalue weighted by molar-refractivity contribution is -0.130. The summed E-state index contributed by atoms with van der Waals surface area (Å²) < 4.78 is 6.27. The maximum Gasteiger partial charge on any atom is 0.326 e. The second-order valence-electron chi connectivity index (χ2n) is 14.0. The summed E-state index contributed by atoms with van der Waals surface area (Å²) in [4.78, 5) is 48.2. The zero-order valence-electron chi connectivity index (χ0n) is 29.7. The number of hydrogen-bond donors (Lipinski definition) is 1. The van der Waals surface area contributed by atoms with E-state index in [1.54, 1.807) is 27.1 Å². The third-order valence-electron chi connectivity index (χ3n) is 9.84. The average molecular weight is 749 g/mol. The van der Waals surface area contributed by atoms with Gasteiger partial charge in [0, 0.05) is 71.2 Å². The molecule has 13 heteroatoms. The minimum Gasteiger partial charge on any atom is -0.493 e. The summed E-state index contributed by atoms with van der Waals surface area (Å²) in [5, 5.41) is 6.82. The summed E-state index contributed by atoms with van der Waals surface area (Å²) in [6.07, 6.45) is 3.46. The highest BCUT2D eigenvalue weighted by Crippen LogP contribution is 2.54. The Morgan fingerprint density at radius 3 is 2.10 bits per heavy atom. The van der Waals surface area contributed by atoms with Crippen molar-refractivity contribution in [2.75, 3.05) is 44.6 Å². The summed E-state index contributed by atoms with van der Waals surface area (Å²) in [7, 11) is 0. The van der Waals surface area contributed by atoms with Crippen molar-refractivity contribution >= 4 is 57.4 Å². The van der Waals surface area contributed by atoms with Crippen molar-refractivity contribution < 1.29 is 14.3 Å². The molecule has 0 spiro atoms. The van der Waals surface area contributed by atoms with Crippen molar-refractivity contribution in [2.24, 2.45) is 4.99 Å². The zero-order valence-corrected chi connectivity index (χ0v) is 32.1. The predicted octanol–water partition coefficient (Wildman–Crippen LogP) is 7.81. The van der Waals surface area contributed by atoms with E-state index in [-0.39, 0.29) is 23.9 Å². The van der Waals surface area contributed by atoms with Gasteiger partial charge in [-0.15, -0.1) is 11.3 Å². The standard InChI is InChI=1S/C38H43Cl2N7O3S/c1-7-50-30-22-31(36(2,3)4)42-23-29(30)33-44-37(5,25-8-12-27(39)13-9-25)38(6,26-10-14-28(40)15-11-26)47(33)35(49)46-19-17-45(18-20-46)32(48)24-43-34-41-16-21-51-34/h8-16,21-23H,7,17-20,24H2,1-6H3,(H,41,43)/t37-,38-/m1/s1. The Balaban J connectivity index is 1.44. The quantitative estimate of drug-likeness (QED) is 0.197. The minimum absolute atomic E-state index is 0.0478. The normalized spacial score (nSPS) is 20.7. The molecule has 1 fully saturated rings. The van der Waals surface area contributed by atoms with Gasteiger partial charge in [0.1, 0.15) is 22.7 Å². The van der Waals surface area contributed by atoms with Gasteiger partial charge in [-0.2, -0.15) is 0 Å². The van der Waals surface area contributed by atoms with Crippen molar-refractivity contribution in [3.8, 4) is 5.75 Å². The zero-order chi connectivity index (χ0) is 36.6. The molecule has 2 aliphatic rings. The second kappa shape index (κ2) is 14.4. The number of ether oxygens (including phenoxy) is 1. The number of amidine groups is 1. The van der Waals surface area contributed by atoms with E-state index in [1.165, 1.54) is 11.3 Å². The summed E-state index contributed by atoms with van der Waals surface area (Å²) in [5.41, 5.74) is 0.889. The first-order valence-corrected chi connectivity index (χ1v) is 18.7. The fraction of sp³-hybridized carbons (Fsp3) is 0.395. The number of pyridine rings is 1. The van der Waals surface area contributed by atoms with E-state index in [9.17, 15) is 4.79 Å². The van der Waals surface area contributed by atoms with E-state index in [0.717, 1.165) is 16.8 Å². The first-order valence-electron chi connectivity index (χ1n) is 17.0. The first kappa shape index (κ1) is 36.6. The lowest BCUT2D eigenvalue weighted by Gasteiger charge is -2.47. The number of nitrogens with one attached hydrogen (secondary N) is 1. The van der Waals surface area contributed by atoms with E-state index >= 15 is 4.79 Å². The maximum atomic E-state index is 15.2. The molecule has 2 aromatic heterocycles. The van der Waals surface area contributed by atoms with Crippen molar-refractivity contribution in [3.63, 3.8) is 0 Å². The summed E-state index contributed by atoms with van der Waals surface area (Å²) >= 11 is 14.2. The largest absolute Gasteiger partial charge is 0.493 e. The molecule has 0 bridgehead atoms. The fourth-order valence-corrected chi connectivity index (χ4v) is 7.50. The number of thiazole rings is 1. The van der Waals surface area contributed by atoms with Crippen LogP contribution in [0, 0.1) is 0 Å². The molecular formula is C38H43Cl2N7O3S. The molecule has 2 atom stereocenters. The third-order valence-corrected chi connectivity index (χ3v) is 11.1. The topological polar surface area (TPSA) is 103 Å². The minimum atomic E-state index is -1.06. The highest BCUT2D eigenvalue weighted by molar-refractivity contribution is 7.13. The van der Waals surface area contributed by atoms with Crippen molar-refractivity contribution in [1.29, 1.82) is 0 Å². The predicted molar refractivity (Wildman–Crippen MR) is 204 cm³/mol. The van der Waals surface area contributed by atoms with Gasteiger partial charge >= 0.3 is 6.03 Å². The molecule has 10 nitrogen and oxygen atoms in total. The Bertz CT molecular complexity index is 1910. The van der Waals surface area contributed by atoms with Crippen molar-refractivity contribution in [3.05, 3.63) is 105 Å². The van der Waals surface area contributed by atoms with E-state index in [1.807, 2.05) is 80.7 Å². The Labute approximate surface area is 313 Å². The number of benzene rings is 2. The highest BCUT2D eigenvalue weighted by Gasteiger charge is 2.60.